The zero-order chi connectivity index (χ0) is 18.6. The summed E-state index contributed by atoms with van der Waals surface area (Å²) in [5, 5.41) is 3.51. The standard InChI is InChI=1S/C22H29NO3/c1-18(20-10-4-3-5-11-20)17-23-13-6-7-14-26-21-12-8-9-19(15-21)16-22(24)25-2/h3-5,8-12,15,18,23H,6-7,13-14,16-17H2,1-2H3/t18-/m0/s1. The molecule has 140 valence electrons. The predicted molar refractivity (Wildman–Crippen MR) is 105 cm³/mol. The van der Waals surface area contributed by atoms with Crippen LogP contribution in [0.1, 0.15) is 36.8 Å². The molecule has 0 bridgehead atoms. The first kappa shape index (κ1) is 20.0. The molecule has 4 heteroatoms. The van der Waals surface area contributed by atoms with Crippen molar-refractivity contribution in [1.82, 2.24) is 5.32 Å². The average Bonchev–Trinajstić information content (AvgIpc) is 2.68. The van der Waals surface area contributed by atoms with Crippen molar-refractivity contribution in [3.63, 3.8) is 0 Å². The first-order valence-corrected chi connectivity index (χ1v) is 9.23. The van der Waals surface area contributed by atoms with Crippen molar-refractivity contribution >= 4 is 5.97 Å². The molecule has 1 atom stereocenters. The minimum Gasteiger partial charge on any atom is -0.494 e. The summed E-state index contributed by atoms with van der Waals surface area (Å²) in [5.74, 6) is 1.08. The SMILES string of the molecule is COC(=O)Cc1cccc(OCCCCNC[C@H](C)c2ccccc2)c1. The molecular formula is C22H29NO3. The average molecular weight is 355 g/mol. The lowest BCUT2D eigenvalue weighted by atomic mass is 10.0. The molecule has 0 spiro atoms. The lowest BCUT2D eigenvalue weighted by Gasteiger charge is -2.13. The van der Waals surface area contributed by atoms with Gasteiger partial charge in [0.05, 0.1) is 20.1 Å². The van der Waals surface area contributed by atoms with Crippen molar-refractivity contribution in [1.29, 1.82) is 0 Å². The van der Waals surface area contributed by atoms with Crippen LogP contribution in [0.15, 0.2) is 54.6 Å². The van der Waals surface area contributed by atoms with Crippen LogP contribution in [0.25, 0.3) is 0 Å². The molecule has 0 aliphatic carbocycles. The molecule has 26 heavy (non-hydrogen) atoms. The van der Waals surface area contributed by atoms with E-state index in [2.05, 4.69) is 47.3 Å². The molecule has 2 rings (SSSR count). The predicted octanol–water partition coefficient (Wildman–Crippen LogP) is 3.95. The summed E-state index contributed by atoms with van der Waals surface area (Å²) in [6.45, 7) is 4.90. The van der Waals surface area contributed by atoms with Gasteiger partial charge in [0.15, 0.2) is 0 Å². The summed E-state index contributed by atoms with van der Waals surface area (Å²) in [7, 11) is 1.40. The second-order valence-corrected chi connectivity index (χ2v) is 6.47. The fraction of sp³-hybridized carbons (Fsp3) is 0.409. The zero-order valence-electron chi connectivity index (χ0n) is 15.7. The molecule has 0 aliphatic heterocycles. The van der Waals surface area contributed by atoms with Gasteiger partial charge in [-0.1, -0.05) is 49.4 Å². The summed E-state index contributed by atoms with van der Waals surface area (Å²) in [6.07, 6.45) is 2.34. The molecule has 4 nitrogen and oxygen atoms in total. The van der Waals surface area contributed by atoms with Crippen LogP contribution in [0.2, 0.25) is 0 Å². The Hall–Kier alpha value is -2.33. The molecule has 0 saturated heterocycles. The van der Waals surface area contributed by atoms with Crippen molar-refractivity contribution in [3.05, 3.63) is 65.7 Å². The number of benzene rings is 2. The molecule has 0 fully saturated rings. The summed E-state index contributed by atoms with van der Waals surface area (Å²) in [6, 6.07) is 18.2. The van der Waals surface area contributed by atoms with Crippen LogP contribution in [0.3, 0.4) is 0 Å². The van der Waals surface area contributed by atoms with Gasteiger partial charge in [0.2, 0.25) is 0 Å². The van der Waals surface area contributed by atoms with Crippen molar-refractivity contribution < 1.29 is 14.3 Å². The first-order valence-electron chi connectivity index (χ1n) is 9.23. The van der Waals surface area contributed by atoms with E-state index in [1.807, 2.05) is 24.3 Å². The van der Waals surface area contributed by atoms with E-state index in [-0.39, 0.29) is 12.4 Å². The molecule has 1 N–H and O–H groups in total. The molecule has 0 unspecified atom stereocenters. The van der Waals surface area contributed by atoms with Crippen LogP contribution in [0, 0.1) is 0 Å². The minimum atomic E-state index is -0.238. The lowest BCUT2D eigenvalue weighted by molar-refractivity contribution is -0.139. The Labute approximate surface area is 156 Å². The number of unbranched alkanes of at least 4 members (excludes halogenated alkanes) is 1. The Morgan fingerprint density at radius 2 is 1.88 bits per heavy atom. The highest BCUT2D eigenvalue weighted by Crippen LogP contribution is 2.15. The number of ether oxygens (including phenoxy) is 2. The van der Waals surface area contributed by atoms with Crippen molar-refractivity contribution in [2.24, 2.45) is 0 Å². The van der Waals surface area contributed by atoms with Crippen LogP contribution >= 0.6 is 0 Å². The van der Waals surface area contributed by atoms with E-state index < -0.39 is 0 Å². The Kier molecular flexibility index (Phi) is 8.70. The van der Waals surface area contributed by atoms with E-state index in [1.165, 1.54) is 12.7 Å². The Morgan fingerprint density at radius 1 is 1.08 bits per heavy atom. The molecule has 2 aromatic carbocycles. The zero-order valence-corrected chi connectivity index (χ0v) is 15.7. The van der Waals surface area contributed by atoms with Gasteiger partial charge in [0.1, 0.15) is 5.75 Å². The lowest BCUT2D eigenvalue weighted by Crippen LogP contribution is -2.21. The quantitative estimate of drug-likeness (QED) is 0.490. The first-order chi connectivity index (χ1) is 12.7. The third kappa shape index (κ3) is 7.28. The van der Waals surface area contributed by atoms with Crippen molar-refractivity contribution in [2.45, 2.75) is 32.1 Å². The van der Waals surface area contributed by atoms with E-state index in [1.54, 1.807) is 0 Å². The fourth-order valence-corrected chi connectivity index (χ4v) is 2.74. The number of methoxy groups -OCH3 is 1. The molecule has 0 radical (unpaired) electrons. The van der Waals surface area contributed by atoms with Gasteiger partial charge in [0, 0.05) is 6.54 Å². The maximum absolute atomic E-state index is 11.3. The van der Waals surface area contributed by atoms with Crippen molar-refractivity contribution in [3.8, 4) is 5.75 Å². The highest BCUT2D eigenvalue weighted by atomic mass is 16.5. The van der Waals surface area contributed by atoms with Crippen LogP contribution in [-0.4, -0.2) is 32.8 Å². The fourth-order valence-electron chi connectivity index (χ4n) is 2.74. The van der Waals surface area contributed by atoms with E-state index in [9.17, 15) is 4.79 Å². The van der Waals surface area contributed by atoms with Gasteiger partial charge < -0.3 is 14.8 Å². The highest BCUT2D eigenvalue weighted by Gasteiger charge is 2.05. The van der Waals surface area contributed by atoms with E-state index >= 15 is 0 Å². The number of hydrogen-bond acceptors (Lipinski definition) is 4. The third-order valence-electron chi connectivity index (χ3n) is 4.31. The Morgan fingerprint density at radius 3 is 2.65 bits per heavy atom. The maximum Gasteiger partial charge on any atom is 0.309 e. The smallest absolute Gasteiger partial charge is 0.309 e. The van der Waals surface area contributed by atoms with Crippen LogP contribution in [0.5, 0.6) is 5.75 Å². The molecule has 0 saturated carbocycles. The summed E-state index contributed by atoms with van der Waals surface area (Å²) < 4.78 is 10.5. The van der Waals surface area contributed by atoms with Gasteiger partial charge in [-0.2, -0.15) is 0 Å². The molecule has 0 aliphatic rings. The number of hydrogen-bond donors (Lipinski definition) is 1. The summed E-state index contributed by atoms with van der Waals surface area (Å²) >= 11 is 0. The van der Waals surface area contributed by atoms with Gasteiger partial charge in [-0.05, 0) is 48.6 Å². The van der Waals surface area contributed by atoms with Gasteiger partial charge in [-0.15, -0.1) is 0 Å². The van der Waals surface area contributed by atoms with Crippen LogP contribution in [0.4, 0.5) is 0 Å². The highest BCUT2D eigenvalue weighted by molar-refractivity contribution is 5.72. The summed E-state index contributed by atoms with van der Waals surface area (Å²) in [4.78, 5) is 11.3. The van der Waals surface area contributed by atoms with E-state index in [0.717, 1.165) is 37.2 Å². The van der Waals surface area contributed by atoms with Crippen LogP contribution < -0.4 is 10.1 Å². The van der Waals surface area contributed by atoms with Gasteiger partial charge in [-0.25, -0.2) is 0 Å². The Balaban J connectivity index is 1.58. The van der Waals surface area contributed by atoms with E-state index in [0.29, 0.717) is 12.5 Å². The monoisotopic (exact) mass is 355 g/mol. The van der Waals surface area contributed by atoms with Crippen molar-refractivity contribution in [2.75, 3.05) is 26.8 Å². The maximum atomic E-state index is 11.3. The summed E-state index contributed by atoms with van der Waals surface area (Å²) in [5.41, 5.74) is 2.28. The molecular weight excluding hydrogens is 326 g/mol. The number of rotatable bonds is 11. The minimum absolute atomic E-state index is 0.238. The van der Waals surface area contributed by atoms with Gasteiger partial charge >= 0.3 is 5.97 Å². The Bertz CT molecular complexity index is 657. The van der Waals surface area contributed by atoms with Gasteiger partial charge in [-0.3, -0.25) is 4.79 Å². The normalized spacial score (nSPS) is 11.8. The van der Waals surface area contributed by atoms with Crippen LogP contribution in [-0.2, 0) is 16.0 Å². The van der Waals surface area contributed by atoms with Gasteiger partial charge in [0.25, 0.3) is 0 Å². The largest absolute Gasteiger partial charge is 0.494 e. The molecule has 0 amide bonds. The number of esters is 1. The number of carbonyl (C=O) groups excluding carboxylic acids is 1. The third-order valence-corrected chi connectivity index (χ3v) is 4.31. The molecule has 0 heterocycles. The van der Waals surface area contributed by atoms with E-state index in [4.69, 9.17) is 4.74 Å². The molecule has 2 aromatic rings. The second kappa shape index (κ2) is 11.3. The number of nitrogens with one attached hydrogen (secondary N) is 1. The molecule has 0 aromatic heterocycles. The topological polar surface area (TPSA) is 47.6 Å². The number of carbonyl (C=O) groups is 1. The second-order valence-electron chi connectivity index (χ2n) is 6.47.